The number of nitrogens with zero attached hydrogens (tertiary/aromatic N) is 2. The minimum Gasteiger partial charge on any atom is -0.475 e. The Bertz CT molecular complexity index is 1010. The third kappa shape index (κ3) is 4.52. The van der Waals surface area contributed by atoms with Gasteiger partial charge >= 0.3 is 5.97 Å². The van der Waals surface area contributed by atoms with Crippen LogP contribution in [0.5, 0.6) is 0 Å². The third-order valence-electron chi connectivity index (χ3n) is 5.49. The van der Waals surface area contributed by atoms with Gasteiger partial charge in [0.05, 0.1) is 29.6 Å². The number of hydrogen-bond donors (Lipinski definition) is 1. The summed E-state index contributed by atoms with van der Waals surface area (Å²) in [7, 11) is 1.61. The average Bonchev–Trinajstić information content (AvgIpc) is 3.14. The first kappa shape index (κ1) is 23.5. The number of nitro benzene ring substituents is 1. The van der Waals surface area contributed by atoms with Crippen LogP contribution in [-0.2, 0) is 19.0 Å². The highest BCUT2D eigenvalue weighted by atomic mass is 16.6. The lowest BCUT2D eigenvalue weighted by Gasteiger charge is -2.32. The highest BCUT2D eigenvalue weighted by Crippen LogP contribution is 2.42. The molecule has 0 aromatic heterocycles. The second-order valence-electron chi connectivity index (χ2n) is 8.05. The van der Waals surface area contributed by atoms with Gasteiger partial charge in [-0.25, -0.2) is 9.79 Å². The fourth-order valence-electron chi connectivity index (χ4n) is 4.11. The molecule has 9 heteroatoms. The molecule has 0 saturated heterocycles. The first-order valence-electron chi connectivity index (χ1n) is 10.6. The average molecular weight is 444 g/mol. The Hall–Kier alpha value is -3.20. The Kier molecular flexibility index (Phi) is 6.98. The zero-order valence-corrected chi connectivity index (χ0v) is 19.1. The number of esters is 1. The highest BCUT2D eigenvalue weighted by Gasteiger charge is 2.42. The van der Waals surface area contributed by atoms with E-state index in [1.807, 2.05) is 13.8 Å². The molecule has 3 rings (SSSR count). The maximum absolute atomic E-state index is 13.0. The Labute approximate surface area is 187 Å². The monoisotopic (exact) mass is 443 g/mol. The third-order valence-corrected chi connectivity index (χ3v) is 5.49. The van der Waals surface area contributed by atoms with Crippen LogP contribution in [0.15, 0.2) is 51.8 Å². The maximum Gasteiger partial charge on any atom is 0.336 e. The van der Waals surface area contributed by atoms with E-state index in [1.165, 1.54) is 12.1 Å². The van der Waals surface area contributed by atoms with E-state index in [1.54, 1.807) is 33.1 Å². The quantitative estimate of drug-likeness (QED) is 0.371. The van der Waals surface area contributed by atoms with Crippen LogP contribution in [0.2, 0.25) is 0 Å². The number of carbonyl (C=O) groups excluding carboxylic acids is 1. The minimum atomic E-state index is -0.631. The van der Waals surface area contributed by atoms with Crippen molar-refractivity contribution in [1.82, 2.24) is 5.32 Å². The van der Waals surface area contributed by atoms with Gasteiger partial charge in [0.2, 0.25) is 5.90 Å². The van der Waals surface area contributed by atoms with Crippen molar-refractivity contribution in [2.45, 2.75) is 45.6 Å². The van der Waals surface area contributed by atoms with E-state index in [0.29, 0.717) is 47.9 Å². The Morgan fingerprint density at radius 3 is 2.78 bits per heavy atom. The number of methoxy groups -OCH3 is 1. The van der Waals surface area contributed by atoms with Crippen LogP contribution >= 0.6 is 0 Å². The summed E-state index contributed by atoms with van der Waals surface area (Å²) < 4.78 is 16.7. The molecule has 2 aliphatic heterocycles. The molecule has 2 atom stereocenters. The van der Waals surface area contributed by atoms with Crippen molar-refractivity contribution in [2.24, 2.45) is 4.99 Å². The number of ether oxygens (including phenoxy) is 3. The van der Waals surface area contributed by atoms with Gasteiger partial charge in [-0.3, -0.25) is 10.1 Å². The molecule has 2 aliphatic rings. The lowest BCUT2D eigenvalue weighted by molar-refractivity contribution is -0.384. The molecule has 1 N–H and O–H groups in total. The normalized spacial score (nSPS) is 22.9. The van der Waals surface area contributed by atoms with E-state index in [2.05, 4.69) is 5.32 Å². The number of carbonyl (C=O) groups is 1. The van der Waals surface area contributed by atoms with Crippen molar-refractivity contribution >= 4 is 17.6 Å². The standard InChI is InChI=1S/C23H29N3O6/c1-6-17-20(21-25-23(4,12-30-5)13-32-21)19(15-9-8-10-16(11-15)26(28)29)18(14(3)24-17)22(27)31-7-2/h8-11,19,24H,6-7,12-13H2,1-5H3. The molecule has 0 bridgehead atoms. The summed E-state index contributed by atoms with van der Waals surface area (Å²) in [4.78, 5) is 28.8. The largest absolute Gasteiger partial charge is 0.475 e. The van der Waals surface area contributed by atoms with Crippen molar-refractivity contribution in [3.05, 3.63) is 62.5 Å². The summed E-state index contributed by atoms with van der Waals surface area (Å²) in [5, 5.41) is 14.8. The summed E-state index contributed by atoms with van der Waals surface area (Å²) in [5.74, 6) is -0.714. The molecule has 0 saturated carbocycles. The molecule has 32 heavy (non-hydrogen) atoms. The molecule has 1 aromatic carbocycles. The summed E-state index contributed by atoms with van der Waals surface area (Å²) in [6.07, 6.45) is 0.623. The molecule has 1 aromatic rings. The van der Waals surface area contributed by atoms with Crippen LogP contribution < -0.4 is 5.32 Å². The fourth-order valence-corrected chi connectivity index (χ4v) is 4.11. The zero-order valence-electron chi connectivity index (χ0n) is 19.1. The molecule has 2 unspecified atom stereocenters. The number of benzene rings is 1. The van der Waals surface area contributed by atoms with Crippen LogP contribution in [0.3, 0.4) is 0 Å². The minimum absolute atomic E-state index is 0.0576. The smallest absolute Gasteiger partial charge is 0.336 e. The van der Waals surface area contributed by atoms with Gasteiger partial charge < -0.3 is 19.5 Å². The molecular weight excluding hydrogens is 414 g/mol. The Morgan fingerprint density at radius 1 is 1.41 bits per heavy atom. The zero-order chi connectivity index (χ0) is 23.5. The molecule has 2 heterocycles. The first-order chi connectivity index (χ1) is 15.2. The van der Waals surface area contributed by atoms with Gasteiger partial charge in [0.15, 0.2) is 0 Å². The van der Waals surface area contributed by atoms with Crippen LogP contribution in [0, 0.1) is 10.1 Å². The van der Waals surface area contributed by atoms with E-state index in [-0.39, 0.29) is 12.3 Å². The van der Waals surface area contributed by atoms with Gasteiger partial charge in [-0.05, 0) is 32.8 Å². The van der Waals surface area contributed by atoms with E-state index >= 15 is 0 Å². The van der Waals surface area contributed by atoms with Gasteiger partial charge in [0.1, 0.15) is 12.1 Å². The summed E-state index contributed by atoms with van der Waals surface area (Å²) in [5.41, 5.74) is 2.51. The highest BCUT2D eigenvalue weighted by molar-refractivity contribution is 6.03. The topological polar surface area (TPSA) is 112 Å². The summed E-state index contributed by atoms with van der Waals surface area (Å²) >= 11 is 0. The Balaban J connectivity index is 2.23. The molecule has 0 spiro atoms. The van der Waals surface area contributed by atoms with Crippen molar-refractivity contribution in [3.63, 3.8) is 0 Å². The molecule has 0 aliphatic carbocycles. The number of nitrogens with one attached hydrogen (secondary N) is 1. The SMILES string of the molecule is CCOC(=O)C1=C(C)NC(CC)=C(C2=NC(C)(COC)CO2)C1c1cccc([N+](=O)[O-])c1. The fraction of sp³-hybridized carbons (Fsp3) is 0.478. The van der Waals surface area contributed by atoms with Crippen molar-refractivity contribution in [1.29, 1.82) is 0 Å². The summed E-state index contributed by atoms with van der Waals surface area (Å²) in [6, 6.07) is 6.30. The van der Waals surface area contributed by atoms with E-state index in [0.717, 1.165) is 5.70 Å². The van der Waals surface area contributed by atoms with Crippen molar-refractivity contribution < 1.29 is 23.9 Å². The molecular formula is C23H29N3O6. The number of allylic oxidation sites excluding steroid dienone is 2. The second kappa shape index (κ2) is 9.52. The van der Waals surface area contributed by atoms with Crippen LogP contribution in [0.25, 0.3) is 0 Å². The van der Waals surface area contributed by atoms with Crippen LogP contribution in [-0.4, -0.2) is 49.3 Å². The van der Waals surface area contributed by atoms with Gasteiger partial charge in [-0.1, -0.05) is 19.1 Å². The maximum atomic E-state index is 13.0. The Morgan fingerprint density at radius 2 is 2.16 bits per heavy atom. The summed E-state index contributed by atoms with van der Waals surface area (Å²) in [6.45, 7) is 8.37. The molecule has 9 nitrogen and oxygen atoms in total. The van der Waals surface area contributed by atoms with Gasteiger partial charge in [0.25, 0.3) is 5.69 Å². The molecule has 0 fully saturated rings. The van der Waals surface area contributed by atoms with Gasteiger partial charge in [-0.2, -0.15) is 0 Å². The van der Waals surface area contributed by atoms with Crippen LogP contribution in [0.4, 0.5) is 5.69 Å². The predicted molar refractivity (Wildman–Crippen MR) is 119 cm³/mol. The van der Waals surface area contributed by atoms with E-state index in [9.17, 15) is 14.9 Å². The number of hydrogen-bond acceptors (Lipinski definition) is 8. The molecule has 0 radical (unpaired) electrons. The van der Waals surface area contributed by atoms with Crippen molar-refractivity contribution in [3.8, 4) is 0 Å². The first-order valence-corrected chi connectivity index (χ1v) is 10.6. The van der Waals surface area contributed by atoms with E-state index < -0.39 is 22.3 Å². The number of dihydropyridines is 1. The number of aliphatic imine (C=N–C) groups is 1. The second-order valence-corrected chi connectivity index (χ2v) is 8.05. The molecule has 0 amide bonds. The lowest BCUT2D eigenvalue weighted by Crippen LogP contribution is -2.32. The van der Waals surface area contributed by atoms with Crippen LogP contribution in [0.1, 0.15) is 45.6 Å². The number of non-ortho nitro benzene ring substituents is 1. The van der Waals surface area contributed by atoms with Crippen molar-refractivity contribution in [2.75, 3.05) is 26.9 Å². The van der Waals surface area contributed by atoms with E-state index in [4.69, 9.17) is 19.2 Å². The molecule has 172 valence electrons. The number of rotatable bonds is 8. The number of nitro groups is 1. The van der Waals surface area contributed by atoms with Gasteiger partial charge in [-0.15, -0.1) is 0 Å². The van der Waals surface area contributed by atoms with Gasteiger partial charge in [0, 0.05) is 36.2 Å². The predicted octanol–water partition coefficient (Wildman–Crippen LogP) is 3.62. The lowest BCUT2D eigenvalue weighted by atomic mass is 9.79.